The fourth-order valence-electron chi connectivity index (χ4n) is 3.75. The van der Waals surface area contributed by atoms with E-state index in [2.05, 4.69) is 4.90 Å². The predicted molar refractivity (Wildman–Crippen MR) is 66.7 cm³/mol. The molecule has 0 aromatic carbocycles. The Hall–Kier alpha value is -1.14. The van der Waals surface area contributed by atoms with Gasteiger partial charge < -0.3 is 14.7 Å². The number of carbonyl (C=O) groups excluding carboxylic acids is 1. The Morgan fingerprint density at radius 2 is 2.21 bits per heavy atom. The molecule has 0 saturated carbocycles. The summed E-state index contributed by atoms with van der Waals surface area (Å²) in [5, 5.41) is 9.01. The zero-order chi connectivity index (χ0) is 13.4. The maximum Gasteiger partial charge on any atom is 0.305 e. The number of ether oxygens (including phenoxy) is 1. The van der Waals surface area contributed by atoms with Gasteiger partial charge in [-0.2, -0.15) is 0 Å². The highest BCUT2D eigenvalue weighted by Gasteiger charge is 2.47. The van der Waals surface area contributed by atoms with E-state index in [1.807, 2.05) is 4.90 Å². The van der Waals surface area contributed by atoms with E-state index in [0.29, 0.717) is 25.7 Å². The molecular weight excluding hydrogens is 248 g/mol. The Morgan fingerprint density at radius 1 is 1.37 bits per heavy atom. The van der Waals surface area contributed by atoms with Gasteiger partial charge in [0.25, 0.3) is 0 Å². The molecule has 3 aliphatic rings. The third-order valence-electron chi connectivity index (χ3n) is 4.56. The Labute approximate surface area is 112 Å². The molecule has 6 nitrogen and oxygen atoms in total. The van der Waals surface area contributed by atoms with Crippen molar-refractivity contribution >= 4 is 11.9 Å². The highest BCUT2D eigenvalue weighted by atomic mass is 16.5. The summed E-state index contributed by atoms with van der Waals surface area (Å²) in [5.41, 5.74) is 0. The predicted octanol–water partition coefficient (Wildman–Crippen LogP) is -0.0748. The average Bonchev–Trinajstić information content (AvgIpc) is 2.94. The molecular formula is C13H20N2O4. The minimum atomic E-state index is -0.798. The Kier molecular flexibility index (Phi) is 3.45. The number of aliphatic carboxylic acids is 1. The molecule has 3 atom stereocenters. The van der Waals surface area contributed by atoms with E-state index in [-0.39, 0.29) is 24.4 Å². The van der Waals surface area contributed by atoms with Gasteiger partial charge in [0.05, 0.1) is 19.6 Å². The van der Waals surface area contributed by atoms with Gasteiger partial charge in [-0.05, 0) is 12.8 Å². The van der Waals surface area contributed by atoms with Gasteiger partial charge >= 0.3 is 5.97 Å². The maximum absolute atomic E-state index is 12.0. The van der Waals surface area contributed by atoms with Crippen LogP contribution in [0.5, 0.6) is 0 Å². The molecule has 0 aromatic rings. The fourth-order valence-corrected chi connectivity index (χ4v) is 3.75. The third kappa shape index (κ3) is 2.34. The molecule has 0 spiro atoms. The largest absolute Gasteiger partial charge is 0.481 e. The summed E-state index contributed by atoms with van der Waals surface area (Å²) < 4.78 is 5.41. The van der Waals surface area contributed by atoms with E-state index in [9.17, 15) is 9.59 Å². The number of nitrogens with zero attached hydrogens (tertiary/aromatic N) is 2. The lowest BCUT2D eigenvalue weighted by Crippen LogP contribution is -2.54. The lowest BCUT2D eigenvalue weighted by Gasteiger charge is -2.40. The quantitative estimate of drug-likeness (QED) is 0.775. The molecule has 106 valence electrons. The van der Waals surface area contributed by atoms with Crippen molar-refractivity contribution in [2.24, 2.45) is 0 Å². The number of carboxylic acid groups (broad SMARTS) is 1. The summed E-state index contributed by atoms with van der Waals surface area (Å²) in [7, 11) is 0. The van der Waals surface area contributed by atoms with Crippen LogP contribution in [0.1, 0.15) is 25.7 Å². The fraction of sp³-hybridized carbons (Fsp3) is 0.846. The molecule has 19 heavy (non-hydrogen) atoms. The van der Waals surface area contributed by atoms with Crippen molar-refractivity contribution in [2.75, 3.05) is 26.3 Å². The van der Waals surface area contributed by atoms with E-state index < -0.39 is 5.97 Å². The van der Waals surface area contributed by atoms with Crippen LogP contribution in [0.25, 0.3) is 0 Å². The second-order valence-corrected chi connectivity index (χ2v) is 5.63. The van der Waals surface area contributed by atoms with Crippen LogP contribution in [0.2, 0.25) is 0 Å². The SMILES string of the molecule is O=C(O)CC1COCCN1C1CC(=O)N2CCCC12. The molecule has 1 amide bonds. The molecule has 0 radical (unpaired) electrons. The molecule has 3 fully saturated rings. The van der Waals surface area contributed by atoms with Crippen molar-refractivity contribution in [3.8, 4) is 0 Å². The molecule has 3 aliphatic heterocycles. The van der Waals surface area contributed by atoms with Gasteiger partial charge in [0.15, 0.2) is 0 Å². The summed E-state index contributed by atoms with van der Waals surface area (Å²) in [6.45, 7) is 2.70. The highest BCUT2D eigenvalue weighted by molar-refractivity contribution is 5.80. The minimum Gasteiger partial charge on any atom is -0.481 e. The lowest BCUT2D eigenvalue weighted by atomic mass is 10.0. The van der Waals surface area contributed by atoms with Crippen LogP contribution in [-0.4, -0.2) is 71.2 Å². The van der Waals surface area contributed by atoms with Crippen LogP contribution < -0.4 is 0 Å². The normalized spacial score (nSPS) is 35.7. The number of hydrogen-bond donors (Lipinski definition) is 1. The van der Waals surface area contributed by atoms with Gasteiger partial charge in [0, 0.05) is 37.6 Å². The number of amides is 1. The van der Waals surface area contributed by atoms with Gasteiger partial charge in [-0.15, -0.1) is 0 Å². The van der Waals surface area contributed by atoms with Gasteiger partial charge in [-0.25, -0.2) is 0 Å². The van der Waals surface area contributed by atoms with E-state index in [4.69, 9.17) is 9.84 Å². The monoisotopic (exact) mass is 268 g/mol. The van der Waals surface area contributed by atoms with Crippen molar-refractivity contribution in [1.82, 2.24) is 9.80 Å². The molecule has 3 saturated heterocycles. The number of hydrogen-bond acceptors (Lipinski definition) is 4. The van der Waals surface area contributed by atoms with E-state index >= 15 is 0 Å². The molecule has 3 unspecified atom stereocenters. The Balaban J connectivity index is 1.75. The van der Waals surface area contributed by atoms with Crippen molar-refractivity contribution in [1.29, 1.82) is 0 Å². The second-order valence-electron chi connectivity index (χ2n) is 5.63. The van der Waals surface area contributed by atoms with Gasteiger partial charge in [-0.3, -0.25) is 14.5 Å². The van der Waals surface area contributed by atoms with Crippen molar-refractivity contribution in [3.63, 3.8) is 0 Å². The molecule has 0 aromatic heterocycles. The van der Waals surface area contributed by atoms with Gasteiger partial charge in [0.1, 0.15) is 0 Å². The van der Waals surface area contributed by atoms with Gasteiger partial charge in [-0.1, -0.05) is 0 Å². The summed E-state index contributed by atoms with van der Waals surface area (Å²) in [6, 6.07) is 0.384. The van der Waals surface area contributed by atoms with E-state index in [1.165, 1.54) is 0 Å². The van der Waals surface area contributed by atoms with E-state index in [0.717, 1.165) is 25.9 Å². The zero-order valence-electron chi connectivity index (χ0n) is 11.0. The summed E-state index contributed by atoms with van der Waals surface area (Å²) in [6.07, 6.45) is 2.76. The maximum atomic E-state index is 12.0. The summed E-state index contributed by atoms with van der Waals surface area (Å²) >= 11 is 0. The standard InChI is InChI=1S/C13H20N2O4/c16-12-7-11(10-2-1-3-15(10)12)14-4-5-19-8-9(14)6-13(17)18/h9-11H,1-8H2,(H,17,18). The second kappa shape index (κ2) is 5.09. The third-order valence-corrected chi connectivity index (χ3v) is 4.56. The van der Waals surface area contributed by atoms with Crippen molar-refractivity contribution in [2.45, 2.75) is 43.8 Å². The van der Waals surface area contributed by atoms with E-state index in [1.54, 1.807) is 0 Å². The summed E-state index contributed by atoms with van der Waals surface area (Å²) in [4.78, 5) is 27.1. The van der Waals surface area contributed by atoms with Crippen LogP contribution in [0.4, 0.5) is 0 Å². The molecule has 3 rings (SSSR count). The summed E-state index contributed by atoms with van der Waals surface area (Å²) in [5.74, 6) is -0.568. The first-order valence-corrected chi connectivity index (χ1v) is 7.01. The average molecular weight is 268 g/mol. The Morgan fingerprint density at radius 3 is 3.00 bits per heavy atom. The smallest absolute Gasteiger partial charge is 0.305 e. The molecule has 0 bridgehead atoms. The van der Waals surface area contributed by atoms with Crippen molar-refractivity contribution in [3.05, 3.63) is 0 Å². The molecule has 0 aliphatic carbocycles. The zero-order valence-corrected chi connectivity index (χ0v) is 11.0. The first-order chi connectivity index (χ1) is 9.16. The van der Waals surface area contributed by atoms with Crippen molar-refractivity contribution < 1.29 is 19.4 Å². The van der Waals surface area contributed by atoms with Crippen LogP contribution in [0.15, 0.2) is 0 Å². The number of rotatable bonds is 3. The topological polar surface area (TPSA) is 70.1 Å². The van der Waals surface area contributed by atoms with Crippen LogP contribution in [-0.2, 0) is 14.3 Å². The Bertz CT molecular complexity index is 387. The first-order valence-electron chi connectivity index (χ1n) is 7.01. The first kappa shape index (κ1) is 12.9. The number of carbonyl (C=O) groups is 2. The lowest BCUT2D eigenvalue weighted by molar-refractivity contribution is -0.141. The number of morpholine rings is 1. The van der Waals surface area contributed by atoms with Gasteiger partial charge in [0.2, 0.25) is 5.91 Å². The number of carboxylic acids is 1. The van der Waals surface area contributed by atoms with Crippen LogP contribution in [0.3, 0.4) is 0 Å². The highest BCUT2D eigenvalue weighted by Crippen LogP contribution is 2.34. The molecule has 6 heteroatoms. The van der Waals surface area contributed by atoms with Crippen LogP contribution in [0, 0.1) is 0 Å². The molecule has 1 N–H and O–H groups in total. The van der Waals surface area contributed by atoms with Crippen LogP contribution >= 0.6 is 0 Å². The minimum absolute atomic E-state index is 0.0930. The molecule has 3 heterocycles. The number of fused-ring (bicyclic) bond motifs is 1.